The molecule has 0 saturated carbocycles. The summed E-state index contributed by atoms with van der Waals surface area (Å²) >= 11 is 0. The van der Waals surface area contributed by atoms with Crippen LogP contribution in [0.5, 0.6) is 0 Å². The molecule has 8 atom stereocenters. The van der Waals surface area contributed by atoms with Gasteiger partial charge in [-0.2, -0.15) is 0 Å². The molecule has 0 aromatic heterocycles. The zero-order valence-corrected chi connectivity index (χ0v) is 12.2. The lowest BCUT2D eigenvalue weighted by Crippen LogP contribution is -2.48. The second kappa shape index (κ2) is 7.90. The highest BCUT2D eigenvalue weighted by molar-refractivity contribution is 7.97. The van der Waals surface area contributed by atoms with E-state index < -0.39 is 52.8 Å². The first kappa shape index (κ1) is 18.1. The van der Waals surface area contributed by atoms with Crippen molar-refractivity contribution in [3.8, 4) is 0 Å². The van der Waals surface area contributed by atoms with E-state index in [0.717, 1.165) is 0 Å². The van der Waals surface area contributed by atoms with Gasteiger partial charge in [0.2, 0.25) is 0 Å². The number of hydrogen-bond acceptors (Lipinski definition) is 7. The van der Waals surface area contributed by atoms with Crippen LogP contribution in [0.4, 0.5) is 0 Å². The molecule has 8 heteroatoms. The van der Waals surface area contributed by atoms with Gasteiger partial charge >= 0.3 is 0 Å². The zero-order valence-electron chi connectivity index (χ0n) is 11.4. The Labute approximate surface area is 120 Å². The highest BCUT2D eigenvalue weighted by atomic mass is 32.2. The highest BCUT2D eigenvalue weighted by Gasteiger charge is 2.50. The van der Waals surface area contributed by atoms with Gasteiger partial charge in [-0.05, 0) is 6.42 Å². The van der Waals surface area contributed by atoms with Gasteiger partial charge in [0.15, 0.2) is 5.25 Å². The van der Waals surface area contributed by atoms with E-state index in [1.54, 1.807) is 6.92 Å². The first-order valence-electron chi connectivity index (χ1n) is 6.69. The average Bonchev–Trinajstić information content (AvgIpc) is 2.70. The molecule has 0 amide bonds. The summed E-state index contributed by atoms with van der Waals surface area (Å²) in [4.78, 5) is 0. The van der Waals surface area contributed by atoms with Crippen LogP contribution in [0, 0.1) is 0 Å². The molecule has 0 aromatic rings. The van der Waals surface area contributed by atoms with Crippen LogP contribution >= 0.6 is 0 Å². The van der Waals surface area contributed by atoms with Gasteiger partial charge in [-0.1, -0.05) is 6.92 Å². The predicted molar refractivity (Wildman–Crippen MR) is 74.3 cm³/mol. The maximum Gasteiger partial charge on any atom is 0.169 e. The number of aliphatic hydroxyl groups is 7. The Morgan fingerprint density at radius 1 is 1.05 bits per heavy atom. The van der Waals surface area contributed by atoms with Gasteiger partial charge in [0, 0.05) is 10.9 Å². The number of rotatable bonds is 7. The van der Waals surface area contributed by atoms with Gasteiger partial charge in [-0.3, -0.25) is 0 Å². The Hall–Kier alpha value is 0.0700. The van der Waals surface area contributed by atoms with Gasteiger partial charge in [0.25, 0.3) is 0 Å². The topological polar surface area (TPSA) is 142 Å². The Morgan fingerprint density at radius 3 is 2.10 bits per heavy atom. The van der Waals surface area contributed by atoms with Crippen LogP contribution in [0.15, 0.2) is 0 Å². The van der Waals surface area contributed by atoms with Crippen molar-refractivity contribution in [2.45, 2.75) is 55.2 Å². The summed E-state index contributed by atoms with van der Waals surface area (Å²) in [6.07, 6.45) is -7.13. The quantitative estimate of drug-likeness (QED) is 0.242. The molecule has 1 heterocycles. The molecule has 1 aliphatic heterocycles. The second-order valence-electron chi connectivity index (χ2n) is 5.17. The Morgan fingerprint density at radius 2 is 1.60 bits per heavy atom. The monoisotopic (exact) mass is 313 g/mol. The first-order valence-corrected chi connectivity index (χ1v) is 8.31. The largest absolute Gasteiger partial charge is 0.391 e. The van der Waals surface area contributed by atoms with E-state index in [9.17, 15) is 35.7 Å². The highest BCUT2D eigenvalue weighted by Crippen LogP contribution is 2.25. The predicted octanol–water partition coefficient (Wildman–Crippen LogP) is -3.45. The Kier molecular flexibility index (Phi) is 7.16. The average molecular weight is 313 g/mol. The van der Waals surface area contributed by atoms with Crippen molar-refractivity contribution < 1.29 is 35.7 Å². The SMILES string of the molecule is CC[C@H](O)[C@@H](O)[C@H](O)[C@H](O)C[S+]1C[C@@H](O)[C@H](O)[C@H]1CO. The van der Waals surface area contributed by atoms with E-state index in [1.807, 2.05) is 0 Å². The van der Waals surface area contributed by atoms with Gasteiger partial charge in [0.05, 0.1) is 12.7 Å². The summed E-state index contributed by atoms with van der Waals surface area (Å²) in [7, 11) is -0.660. The van der Waals surface area contributed by atoms with Crippen LogP contribution in [0.25, 0.3) is 0 Å². The Bertz CT molecular complexity index is 293. The van der Waals surface area contributed by atoms with Crippen molar-refractivity contribution in [2.24, 2.45) is 0 Å². The molecule has 7 nitrogen and oxygen atoms in total. The van der Waals surface area contributed by atoms with Crippen molar-refractivity contribution in [2.75, 3.05) is 18.1 Å². The van der Waals surface area contributed by atoms with Crippen molar-refractivity contribution in [1.29, 1.82) is 0 Å². The standard InChI is InChI=1S/C12H25O7S/c1-2-6(14)11(18)12(19)8(16)5-20-4-7(15)10(17)9(20)3-13/h6-19H,2-5H2,1H3/q+1/t6-,7+,8+,9+,10-,11+,12+,20?/m0/s1. The summed E-state index contributed by atoms with van der Waals surface area (Å²) in [6, 6.07) is 0. The van der Waals surface area contributed by atoms with Crippen molar-refractivity contribution in [3.63, 3.8) is 0 Å². The normalized spacial score (nSPS) is 36.6. The molecule has 0 aliphatic carbocycles. The minimum absolute atomic E-state index is 0.0496. The molecule has 1 rings (SSSR count). The zero-order chi connectivity index (χ0) is 15.4. The molecule has 0 spiro atoms. The van der Waals surface area contributed by atoms with Crippen LogP contribution in [0.1, 0.15) is 13.3 Å². The summed E-state index contributed by atoms with van der Waals surface area (Å²) in [5.74, 6) is 0.288. The minimum Gasteiger partial charge on any atom is -0.391 e. The molecule has 120 valence electrons. The fraction of sp³-hybridized carbons (Fsp3) is 1.00. The van der Waals surface area contributed by atoms with E-state index in [0.29, 0.717) is 0 Å². The van der Waals surface area contributed by atoms with Crippen molar-refractivity contribution >= 4 is 10.9 Å². The van der Waals surface area contributed by atoms with E-state index in [1.165, 1.54) is 0 Å². The molecule has 0 bridgehead atoms. The Balaban J connectivity index is 2.59. The molecule has 1 aliphatic rings. The third-order valence-corrected chi connectivity index (χ3v) is 6.53. The molecule has 7 N–H and O–H groups in total. The van der Waals surface area contributed by atoms with Crippen LogP contribution < -0.4 is 0 Å². The smallest absolute Gasteiger partial charge is 0.169 e. The van der Waals surface area contributed by atoms with Crippen LogP contribution in [-0.4, -0.2) is 95.7 Å². The summed E-state index contributed by atoms with van der Waals surface area (Å²) in [5, 5.41) is 66.7. The molecule has 0 radical (unpaired) electrons. The number of hydrogen-bond donors (Lipinski definition) is 7. The second-order valence-corrected chi connectivity index (χ2v) is 7.52. The van der Waals surface area contributed by atoms with Gasteiger partial charge < -0.3 is 35.7 Å². The fourth-order valence-electron chi connectivity index (χ4n) is 2.31. The minimum atomic E-state index is -1.51. The summed E-state index contributed by atoms with van der Waals surface area (Å²) < 4.78 is 0. The van der Waals surface area contributed by atoms with E-state index in [4.69, 9.17) is 0 Å². The van der Waals surface area contributed by atoms with Crippen LogP contribution in [0.2, 0.25) is 0 Å². The molecular weight excluding hydrogens is 288 g/mol. The van der Waals surface area contributed by atoms with E-state index in [-0.39, 0.29) is 24.5 Å². The molecule has 1 saturated heterocycles. The maximum absolute atomic E-state index is 9.92. The third kappa shape index (κ3) is 4.05. The molecular formula is C12H25O7S+. The lowest BCUT2D eigenvalue weighted by Gasteiger charge is -2.25. The van der Waals surface area contributed by atoms with Gasteiger partial charge in [-0.25, -0.2) is 0 Å². The van der Waals surface area contributed by atoms with Crippen LogP contribution in [-0.2, 0) is 10.9 Å². The van der Waals surface area contributed by atoms with E-state index >= 15 is 0 Å². The molecule has 0 aromatic carbocycles. The van der Waals surface area contributed by atoms with Crippen molar-refractivity contribution in [3.05, 3.63) is 0 Å². The summed E-state index contributed by atoms with van der Waals surface area (Å²) in [5.41, 5.74) is 0. The lowest BCUT2D eigenvalue weighted by molar-refractivity contribution is -0.0991. The van der Waals surface area contributed by atoms with Crippen molar-refractivity contribution in [1.82, 2.24) is 0 Å². The lowest BCUT2D eigenvalue weighted by atomic mass is 10.0. The third-order valence-electron chi connectivity index (χ3n) is 3.71. The van der Waals surface area contributed by atoms with E-state index in [2.05, 4.69) is 0 Å². The molecule has 1 fully saturated rings. The molecule has 1 unspecified atom stereocenters. The first-order chi connectivity index (χ1) is 9.33. The maximum atomic E-state index is 9.92. The van der Waals surface area contributed by atoms with Crippen LogP contribution in [0.3, 0.4) is 0 Å². The summed E-state index contributed by atoms with van der Waals surface area (Å²) in [6.45, 7) is 1.32. The van der Waals surface area contributed by atoms with Gasteiger partial charge in [-0.15, -0.1) is 0 Å². The molecule has 20 heavy (non-hydrogen) atoms. The fourth-order valence-corrected chi connectivity index (χ4v) is 4.99. The number of aliphatic hydroxyl groups excluding tert-OH is 7. The van der Waals surface area contributed by atoms with Gasteiger partial charge in [0.1, 0.15) is 42.0 Å².